The van der Waals surface area contributed by atoms with Crippen molar-refractivity contribution in [2.75, 3.05) is 4.90 Å². The summed E-state index contributed by atoms with van der Waals surface area (Å²) in [5.41, 5.74) is 7.91. The van der Waals surface area contributed by atoms with Crippen molar-refractivity contribution in [2.24, 2.45) is 5.73 Å². The van der Waals surface area contributed by atoms with Crippen molar-refractivity contribution in [1.29, 1.82) is 0 Å². The van der Waals surface area contributed by atoms with Crippen molar-refractivity contribution >= 4 is 5.69 Å². The van der Waals surface area contributed by atoms with E-state index in [0.717, 1.165) is 18.5 Å². The Morgan fingerprint density at radius 2 is 2.06 bits per heavy atom. The van der Waals surface area contributed by atoms with Gasteiger partial charge in [0.25, 0.3) is 0 Å². The minimum atomic E-state index is -0.123. The molecule has 2 aliphatic rings. The number of hydrogen-bond acceptors (Lipinski definition) is 4. The Balaban J connectivity index is 1.94. The number of hydrogen-bond donors (Lipinski definition) is 2. The Morgan fingerprint density at radius 3 is 2.71 bits per heavy atom. The highest BCUT2D eigenvalue weighted by Crippen LogP contribution is 2.40. The zero-order chi connectivity index (χ0) is 11.8. The van der Waals surface area contributed by atoms with Gasteiger partial charge in [-0.05, 0) is 37.8 Å². The second-order valence-corrected chi connectivity index (χ2v) is 5.09. The SMILES string of the molecule is NCc1ncccc1N1C2CCC1CC(O)C2. The van der Waals surface area contributed by atoms with E-state index in [1.165, 1.54) is 18.5 Å². The van der Waals surface area contributed by atoms with Crippen molar-refractivity contribution in [3.8, 4) is 0 Å². The standard InChI is InChI=1S/C13H19N3O/c14-8-12-13(2-1-5-15-12)16-9-3-4-10(16)7-11(17)6-9/h1-2,5,9-11,17H,3-4,6-8,14H2. The van der Waals surface area contributed by atoms with Gasteiger partial charge in [0.1, 0.15) is 0 Å². The lowest BCUT2D eigenvalue weighted by atomic mass is 9.99. The first-order valence-corrected chi connectivity index (χ1v) is 6.40. The molecule has 3 N–H and O–H groups in total. The van der Waals surface area contributed by atoms with Gasteiger partial charge in [0.2, 0.25) is 0 Å². The van der Waals surface area contributed by atoms with Crippen molar-refractivity contribution in [1.82, 2.24) is 4.98 Å². The van der Waals surface area contributed by atoms with E-state index in [1.54, 1.807) is 6.20 Å². The fraction of sp³-hybridized carbons (Fsp3) is 0.615. The monoisotopic (exact) mass is 233 g/mol. The van der Waals surface area contributed by atoms with Gasteiger partial charge < -0.3 is 15.7 Å². The van der Waals surface area contributed by atoms with E-state index < -0.39 is 0 Å². The number of piperidine rings is 1. The van der Waals surface area contributed by atoms with E-state index in [1.807, 2.05) is 6.07 Å². The molecule has 0 spiro atoms. The molecule has 92 valence electrons. The number of anilines is 1. The predicted octanol–water partition coefficient (Wildman–Crippen LogP) is 1.03. The maximum atomic E-state index is 9.81. The van der Waals surface area contributed by atoms with Crippen molar-refractivity contribution in [2.45, 2.75) is 50.4 Å². The van der Waals surface area contributed by atoms with Gasteiger partial charge in [0, 0.05) is 24.8 Å². The lowest BCUT2D eigenvalue weighted by Crippen LogP contribution is -2.45. The number of fused-ring (bicyclic) bond motifs is 2. The minimum absolute atomic E-state index is 0.123. The fourth-order valence-electron chi connectivity index (χ4n) is 3.36. The molecule has 2 fully saturated rings. The first-order chi connectivity index (χ1) is 8.29. The molecule has 0 radical (unpaired) electrons. The van der Waals surface area contributed by atoms with Gasteiger partial charge in [-0.3, -0.25) is 4.98 Å². The summed E-state index contributed by atoms with van der Waals surface area (Å²) in [5, 5.41) is 9.81. The van der Waals surface area contributed by atoms with Gasteiger partial charge in [-0.15, -0.1) is 0 Å². The van der Waals surface area contributed by atoms with E-state index in [9.17, 15) is 5.11 Å². The van der Waals surface area contributed by atoms with Gasteiger partial charge in [0.05, 0.1) is 17.5 Å². The number of rotatable bonds is 2. The van der Waals surface area contributed by atoms with Gasteiger partial charge in [-0.2, -0.15) is 0 Å². The third-order valence-electron chi connectivity index (χ3n) is 4.05. The number of aliphatic hydroxyl groups is 1. The summed E-state index contributed by atoms with van der Waals surface area (Å²) < 4.78 is 0. The van der Waals surface area contributed by atoms with Crippen LogP contribution < -0.4 is 10.6 Å². The van der Waals surface area contributed by atoms with Crippen LogP contribution in [0, 0.1) is 0 Å². The topological polar surface area (TPSA) is 62.4 Å². The van der Waals surface area contributed by atoms with Crippen LogP contribution in [0.4, 0.5) is 5.69 Å². The van der Waals surface area contributed by atoms with E-state index in [2.05, 4.69) is 16.0 Å². The Hall–Kier alpha value is -1.13. The van der Waals surface area contributed by atoms with Gasteiger partial charge in [-0.25, -0.2) is 0 Å². The molecule has 1 aromatic heterocycles. The molecule has 0 saturated carbocycles. The molecule has 2 aliphatic heterocycles. The van der Waals surface area contributed by atoms with Crippen LogP contribution in [0.2, 0.25) is 0 Å². The Bertz CT molecular complexity index is 395. The predicted molar refractivity (Wildman–Crippen MR) is 66.7 cm³/mol. The number of nitrogens with zero attached hydrogens (tertiary/aromatic N) is 2. The minimum Gasteiger partial charge on any atom is -0.393 e. The molecular weight excluding hydrogens is 214 g/mol. The molecule has 17 heavy (non-hydrogen) atoms. The fourth-order valence-corrected chi connectivity index (χ4v) is 3.36. The zero-order valence-electron chi connectivity index (χ0n) is 9.92. The average molecular weight is 233 g/mol. The van der Waals surface area contributed by atoms with Gasteiger partial charge in [0.15, 0.2) is 0 Å². The number of pyridine rings is 1. The highest BCUT2D eigenvalue weighted by molar-refractivity contribution is 5.54. The van der Waals surface area contributed by atoms with Crippen molar-refractivity contribution in [3.05, 3.63) is 24.0 Å². The average Bonchev–Trinajstić information content (AvgIpc) is 2.61. The van der Waals surface area contributed by atoms with E-state index >= 15 is 0 Å². The summed E-state index contributed by atoms with van der Waals surface area (Å²) in [6.07, 6.45) is 5.81. The lowest BCUT2D eigenvalue weighted by molar-refractivity contribution is 0.126. The number of aliphatic hydroxyl groups excluding tert-OH is 1. The zero-order valence-corrected chi connectivity index (χ0v) is 9.92. The molecule has 2 bridgehead atoms. The summed E-state index contributed by atoms with van der Waals surface area (Å²) >= 11 is 0. The Morgan fingerprint density at radius 1 is 1.35 bits per heavy atom. The Kier molecular flexibility index (Phi) is 2.76. The summed E-state index contributed by atoms with van der Waals surface area (Å²) in [6.45, 7) is 0.481. The Labute approximate surface area is 101 Å². The molecule has 0 amide bonds. The summed E-state index contributed by atoms with van der Waals surface area (Å²) in [4.78, 5) is 6.81. The molecule has 3 rings (SSSR count). The third kappa shape index (κ3) is 1.81. The van der Waals surface area contributed by atoms with Crippen LogP contribution in [0.25, 0.3) is 0 Å². The molecule has 0 aliphatic carbocycles. The lowest BCUT2D eigenvalue weighted by Gasteiger charge is -2.39. The molecule has 2 saturated heterocycles. The number of aromatic nitrogens is 1. The number of nitrogens with two attached hydrogens (primary N) is 1. The second-order valence-electron chi connectivity index (χ2n) is 5.09. The first kappa shape index (κ1) is 11.0. The van der Waals surface area contributed by atoms with Crippen LogP contribution in [0.3, 0.4) is 0 Å². The summed E-state index contributed by atoms with van der Waals surface area (Å²) in [6, 6.07) is 5.02. The van der Waals surface area contributed by atoms with Crippen LogP contribution in [0.1, 0.15) is 31.4 Å². The largest absolute Gasteiger partial charge is 0.393 e. The molecule has 3 heterocycles. The molecule has 4 heteroatoms. The highest BCUT2D eigenvalue weighted by Gasteiger charge is 2.40. The smallest absolute Gasteiger partial charge is 0.0772 e. The molecular formula is C13H19N3O. The van der Waals surface area contributed by atoms with Crippen LogP contribution >= 0.6 is 0 Å². The maximum absolute atomic E-state index is 9.81. The van der Waals surface area contributed by atoms with Gasteiger partial charge >= 0.3 is 0 Å². The highest BCUT2D eigenvalue weighted by atomic mass is 16.3. The second kappa shape index (κ2) is 4.27. The van der Waals surface area contributed by atoms with Crippen LogP contribution in [0.15, 0.2) is 18.3 Å². The quantitative estimate of drug-likeness (QED) is 0.801. The molecule has 0 aromatic carbocycles. The first-order valence-electron chi connectivity index (χ1n) is 6.40. The summed E-state index contributed by atoms with van der Waals surface area (Å²) in [7, 11) is 0. The third-order valence-corrected chi connectivity index (χ3v) is 4.05. The summed E-state index contributed by atoms with van der Waals surface area (Å²) in [5.74, 6) is 0. The molecule has 2 atom stereocenters. The molecule has 2 unspecified atom stereocenters. The molecule has 1 aromatic rings. The van der Waals surface area contributed by atoms with Gasteiger partial charge in [-0.1, -0.05) is 0 Å². The van der Waals surface area contributed by atoms with E-state index in [-0.39, 0.29) is 6.10 Å². The normalized spacial score (nSPS) is 31.9. The van der Waals surface area contributed by atoms with Crippen molar-refractivity contribution in [3.63, 3.8) is 0 Å². The molecule has 4 nitrogen and oxygen atoms in total. The van der Waals surface area contributed by atoms with Crippen LogP contribution in [-0.4, -0.2) is 28.3 Å². The van der Waals surface area contributed by atoms with Crippen molar-refractivity contribution < 1.29 is 5.11 Å². The van der Waals surface area contributed by atoms with E-state index in [4.69, 9.17) is 5.73 Å². The van der Waals surface area contributed by atoms with Crippen LogP contribution in [0.5, 0.6) is 0 Å². The maximum Gasteiger partial charge on any atom is 0.0772 e. The van der Waals surface area contributed by atoms with Crippen LogP contribution in [-0.2, 0) is 6.54 Å². The van der Waals surface area contributed by atoms with E-state index in [0.29, 0.717) is 18.6 Å².